The zero-order valence-electron chi connectivity index (χ0n) is 8.51. The van der Waals surface area contributed by atoms with Crippen LogP contribution in [0.5, 0.6) is 0 Å². The molecule has 0 aromatic carbocycles. The summed E-state index contributed by atoms with van der Waals surface area (Å²) in [5.41, 5.74) is 0. The molecule has 1 aliphatic carbocycles. The molecule has 0 unspecified atom stereocenters. The molecule has 0 aromatic rings. The van der Waals surface area contributed by atoms with E-state index in [4.69, 9.17) is 0 Å². The molecule has 0 aromatic heterocycles. The maximum Gasteiger partial charge on any atom is 0.130 e. The molecule has 2 atom stereocenters. The van der Waals surface area contributed by atoms with Crippen LogP contribution in [0.15, 0.2) is 0 Å². The first-order valence-corrected chi connectivity index (χ1v) is 5.08. The lowest BCUT2D eigenvalue weighted by atomic mass is 9.88. The Morgan fingerprint density at radius 1 is 1.00 bits per heavy atom. The first-order chi connectivity index (χ1) is 6.09. The summed E-state index contributed by atoms with van der Waals surface area (Å²) in [5.74, 6) is 1.50. The third-order valence-electron chi connectivity index (χ3n) is 2.92. The average molecular weight is 182 g/mol. The monoisotopic (exact) mass is 182 g/mol. The SMILES string of the molecule is CC(=O)C[C@@H]1CCC[C@H]1CC(C)=O. The topological polar surface area (TPSA) is 34.1 Å². The maximum absolute atomic E-state index is 10.9. The maximum atomic E-state index is 10.9. The predicted octanol–water partition coefficient (Wildman–Crippen LogP) is 2.36. The Morgan fingerprint density at radius 3 is 1.69 bits per heavy atom. The Kier molecular flexibility index (Phi) is 3.64. The summed E-state index contributed by atoms with van der Waals surface area (Å²) in [7, 11) is 0. The van der Waals surface area contributed by atoms with E-state index in [0.29, 0.717) is 24.7 Å². The van der Waals surface area contributed by atoms with Gasteiger partial charge >= 0.3 is 0 Å². The number of Topliss-reactive ketones (excluding diaryl/α,β-unsaturated/α-hetero) is 2. The summed E-state index contributed by atoms with van der Waals surface area (Å²) in [6.45, 7) is 3.28. The Labute approximate surface area is 79.7 Å². The molecule has 0 saturated heterocycles. The quantitative estimate of drug-likeness (QED) is 0.668. The van der Waals surface area contributed by atoms with Gasteiger partial charge < -0.3 is 9.59 Å². The lowest BCUT2D eigenvalue weighted by Crippen LogP contribution is -2.14. The fraction of sp³-hybridized carbons (Fsp3) is 0.818. The summed E-state index contributed by atoms with van der Waals surface area (Å²) in [6.07, 6.45) is 4.82. The smallest absolute Gasteiger partial charge is 0.130 e. The predicted molar refractivity (Wildman–Crippen MR) is 51.4 cm³/mol. The second kappa shape index (κ2) is 4.54. The van der Waals surface area contributed by atoms with Gasteiger partial charge in [-0.15, -0.1) is 0 Å². The van der Waals surface area contributed by atoms with Gasteiger partial charge in [-0.05, 0) is 38.5 Å². The molecular formula is C11H18O2. The number of hydrogen-bond donors (Lipinski definition) is 0. The molecule has 1 aliphatic rings. The van der Waals surface area contributed by atoms with Crippen LogP contribution in [-0.2, 0) is 9.59 Å². The first-order valence-electron chi connectivity index (χ1n) is 5.08. The van der Waals surface area contributed by atoms with E-state index in [1.807, 2.05) is 0 Å². The molecule has 2 nitrogen and oxygen atoms in total. The van der Waals surface area contributed by atoms with Gasteiger partial charge in [0.1, 0.15) is 11.6 Å². The van der Waals surface area contributed by atoms with Crippen LogP contribution in [0.2, 0.25) is 0 Å². The van der Waals surface area contributed by atoms with Gasteiger partial charge in [0.05, 0.1) is 0 Å². The van der Waals surface area contributed by atoms with Gasteiger partial charge in [0.2, 0.25) is 0 Å². The highest BCUT2D eigenvalue weighted by Gasteiger charge is 2.28. The summed E-state index contributed by atoms with van der Waals surface area (Å²) in [4.78, 5) is 21.9. The van der Waals surface area contributed by atoms with Crippen molar-refractivity contribution in [3.05, 3.63) is 0 Å². The minimum absolute atomic E-state index is 0.264. The van der Waals surface area contributed by atoms with Gasteiger partial charge in [-0.25, -0.2) is 0 Å². The Balaban J connectivity index is 2.43. The van der Waals surface area contributed by atoms with Crippen LogP contribution in [0.1, 0.15) is 46.0 Å². The van der Waals surface area contributed by atoms with Crippen molar-refractivity contribution in [3.63, 3.8) is 0 Å². The summed E-state index contributed by atoms with van der Waals surface area (Å²) in [6, 6.07) is 0. The van der Waals surface area contributed by atoms with Crippen LogP contribution < -0.4 is 0 Å². The fourth-order valence-corrected chi connectivity index (χ4v) is 2.39. The number of hydrogen-bond acceptors (Lipinski definition) is 2. The van der Waals surface area contributed by atoms with Crippen LogP contribution >= 0.6 is 0 Å². The molecule has 0 heterocycles. The lowest BCUT2D eigenvalue weighted by Gasteiger charge is -2.16. The highest BCUT2D eigenvalue weighted by molar-refractivity contribution is 5.77. The van der Waals surface area contributed by atoms with Crippen LogP contribution in [0.4, 0.5) is 0 Å². The highest BCUT2D eigenvalue weighted by Crippen LogP contribution is 2.36. The fourth-order valence-electron chi connectivity index (χ4n) is 2.39. The minimum atomic E-state index is 0.264. The van der Waals surface area contributed by atoms with Crippen molar-refractivity contribution in [3.8, 4) is 0 Å². The van der Waals surface area contributed by atoms with Crippen molar-refractivity contribution in [1.82, 2.24) is 0 Å². The van der Waals surface area contributed by atoms with E-state index in [0.717, 1.165) is 12.8 Å². The third-order valence-corrected chi connectivity index (χ3v) is 2.92. The zero-order valence-corrected chi connectivity index (χ0v) is 8.51. The van der Waals surface area contributed by atoms with Crippen molar-refractivity contribution in [1.29, 1.82) is 0 Å². The van der Waals surface area contributed by atoms with Crippen molar-refractivity contribution >= 4 is 11.6 Å². The molecule has 1 rings (SSSR count). The average Bonchev–Trinajstić information content (AvgIpc) is 2.34. The van der Waals surface area contributed by atoms with Crippen molar-refractivity contribution in [2.75, 3.05) is 0 Å². The van der Waals surface area contributed by atoms with Gasteiger partial charge in [0, 0.05) is 12.8 Å². The second-order valence-electron chi connectivity index (χ2n) is 4.26. The van der Waals surface area contributed by atoms with Crippen LogP contribution in [0, 0.1) is 11.8 Å². The van der Waals surface area contributed by atoms with Crippen molar-refractivity contribution in [2.45, 2.75) is 46.0 Å². The molecule has 1 saturated carbocycles. The van der Waals surface area contributed by atoms with Gasteiger partial charge in [-0.3, -0.25) is 0 Å². The van der Waals surface area contributed by atoms with E-state index in [2.05, 4.69) is 0 Å². The number of rotatable bonds is 4. The molecule has 0 spiro atoms. The molecule has 0 bridgehead atoms. The van der Waals surface area contributed by atoms with Gasteiger partial charge in [0.25, 0.3) is 0 Å². The van der Waals surface area contributed by atoms with Crippen LogP contribution in [0.3, 0.4) is 0 Å². The second-order valence-corrected chi connectivity index (χ2v) is 4.26. The molecule has 0 N–H and O–H groups in total. The van der Waals surface area contributed by atoms with Gasteiger partial charge in [-0.1, -0.05) is 6.42 Å². The summed E-state index contributed by atoms with van der Waals surface area (Å²) in [5, 5.41) is 0. The summed E-state index contributed by atoms with van der Waals surface area (Å²) >= 11 is 0. The van der Waals surface area contributed by atoms with E-state index in [1.54, 1.807) is 13.8 Å². The largest absolute Gasteiger partial charge is 0.300 e. The Hall–Kier alpha value is -0.660. The third kappa shape index (κ3) is 3.29. The first kappa shape index (κ1) is 10.4. The molecule has 0 radical (unpaired) electrons. The van der Waals surface area contributed by atoms with E-state index < -0.39 is 0 Å². The van der Waals surface area contributed by atoms with Crippen molar-refractivity contribution in [2.24, 2.45) is 11.8 Å². The molecule has 2 heteroatoms. The Bertz CT molecular complexity index is 186. The number of carbonyl (C=O) groups excluding carboxylic acids is 2. The Morgan fingerprint density at radius 2 is 1.38 bits per heavy atom. The molecule has 0 amide bonds. The number of ketones is 2. The standard InChI is InChI=1S/C11H18O2/c1-8(12)6-10-4-3-5-11(10)7-9(2)13/h10-11H,3-7H2,1-2H3/t10-,11-/m0/s1. The van der Waals surface area contributed by atoms with Crippen molar-refractivity contribution < 1.29 is 9.59 Å². The van der Waals surface area contributed by atoms with Crippen LogP contribution in [-0.4, -0.2) is 11.6 Å². The molecular weight excluding hydrogens is 164 g/mol. The normalized spacial score (nSPS) is 27.5. The molecule has 74 valence electrons. The lowest BCUT2D eigenvalue weighted by molar-refractivity contribution is -0.120. The highest BCUT2D eigenvalue weighted by atomic mass is 16.1. The minimum Gasteiger partial charge on any atom is -0.300 e. The van der Waals surface area contributed by atoms with E-state index >= 15 is 0 Å². The summed E-state index contributed by atoms with van der Waals surface area (Å²) < 4.78 is 0. The van der Waals surface area contributed by atoms with E-state index in [1.165, 1.54) is 6.42 Å². The molecule has 13 heavy (non-hydrogen) atoms. The van der Waals surface area contributed by atoms with E-state index in [-0.39, 0.29) is 11.6 Å². The van der Waals surface area contributed by atoms with E-state index in [9.17, 15) is 9.59 Å². The number of carbonyl (C=O) groups is 2. The van der Waals surface area contributed by atoms with Gasteiger partial charge in [0.15, 0.2) is 0 Å². The van der Waals surface area contributed by atoms with Crippen LogP contribution in [0.25, 0.3) is 0 Å². The van der Waals surface area contributed by atoms with Gasteiger partial charge in [-0.2, -0.15) is 0 Å². The molecule has 0 aliphatic heterocycles. The zero-order chi connectivity index (χ0) is 9.84. The molecule has 1 fully saturated rings.